The Hall–Kier alpha value is -1.46. The largest absolute Gasteiger partial charge is 0.495 e. The van der Waals surface area contributed by atoms with Crippen LogP contribution >= 0.6 is 15.9 Å². The molecule has 0 aromatic carbocycles. The minimum absolute atomic E-state index is 0.0499. The molecule has 0 aliphatic heterocycles. The molecular weight excluding hydrogens is 294 g/mol. The van der Waals surface area contributed by atoms with Crippen molar-refractivity contribution in [2.24, 2.45) is 0 Å². The number of rotatable bonds is 4. The number of ether oxygens (including phenoxy) is 1. The Labute approximate surface area is 115 Å². The normalized spacial score (nSPS) is 12.2. The van der Waals surface area contributed by atoms with Crippen molar-refractivity contribution in [2.75, 3.05) is 14.2 Å². The molecule has 2 aromatic rings. The first-order valence-electron chi connectivity index (χ1n) is 5.53. The minimum atomic E-state index is -0.0499. The number of methoxy groups -OCH3 is 1. The third kappa shape index (κ3) is 2.68. The molecule has 0 amide bonds. The third-order valence-corrected chi connectivity index (χ3v) is 3.07. The van der Waals surface area contributed by atoms with E-state index in [1.54, 1.807) is 19.5 Å². The summed E-state index contributed by atoms with van der Waals surface area (Å²) < 4.78 is 6.29. The van der Waals surface area contributed by atoms with Crippen molar-refractivity contribution in [1.82, 2.24) is 15.3 Å². The van der Waals surface area contributed by atoms with Crippen molar-refractivity contribution in [3.63, 3.8) is 0 Å². The highest BCUT2D eigenvalue weighted by Crippen LogP contribution is 2.28. The predicted molar refractivity (Wildman–Crippen MR) is 73.6 cm³/mol. The second kappa shape index (κ2) is 5.93. The molecule has 0 aliphatic rings. The van der Waals surface area contributed by atoms with Crippen LogP contribution in [-0.2, 0) is 0 Å². The van der Waals surface area contributed by atoms with Crippen LogP contribution in [0.2, 0.25) is 0 Å². The molecule has 0 radical (unpaired) electrons. The van der Waals surface area contributed by atoms with Gasteiger partial charge in [-0.2, -0.15) is 0 Å². The van der Waals surface area contributed by atoms with E-state index in [2.05, 4.69) is 31.2 Å². The quantitative estimate of drug-likeness (QED) is 0.943. The highest BCUT2D eigenvalue weighted by atomic mass is 79.9. The lowest BCUT2D eigenvalue weighted by Gasteiger charge is -2.18. The summed E-state index contributed by atoms with van der Waals surface area (Å²) in [6, 6.07) is 5.72. The monoisotopic (exact) mass is 307 g/mol. The van der Waals surface area contributed by atoms with E-state index in [1.807, 2.05) is 31.4 Å². The van der Waals surface area contributed by atoms with Crippen molar-refractivity contribution in [2.45, 2.75) is 6.04 Å². The highest BCUT2D eigenvalue weighted by molar-refractivity contribution is 9.10. The van der Waals surface area contributed by atoms with E-state index in [4.69, 9.17) is 4.74 Å². The Morgan fingerprint density at radius 3 is 2.89 bits per heavy atom. The third-order valence-electron chi connectivity index (χ3n) is 2.64. The zero-order valence-corrected chi connectivity index (χ0v) is 11.8. The van der Waals surface area contributed by atoms with Crippen LogP contribution in [0.4, 0.5) is 0 Å². The van der Waals surface area contributed by atoms with E-state index in [-0.39, 0.29) is 6.04 Å². The molecule has 1 unspecified atom stereocenters. The number of hydrogen-bond donors (Lipinski definition) is 1. The van der Waals surface area contributed by atoms with Gasteiger partial charge in [-0.05, 0) is 46.7 Å². The van der Waals surface area contributed by atoms with Gasteiger partial charge in [-0.3, -0.25) is 9.97 Å². The number of nitrogens with one attached hydrogen (secondary N) is 1. The van der Waals surface area contributed by atoms with E-state index in [0.717, 1.165) is 21.5 Å². The van der Waals surface area contributed by atoms with Crippen LogP contribution in [0, 0.1) is 0 Å². The van der Waals surface area contributed by atoms with Gasteiger partial charge in [-0.1, -0.05) is 0 Å². The summed E-state index contributed by atoms with van der Waals surface area (Å²) in [6.45, 7) is 0. The SMILES string of the molecule is CNC(c1cncc(Br)c1)c1ncccc1OC. The van der Waals surface area contributed by atoms with Crippen molar-refractivity contribution in [3.8, 4) is 5.75 Å². The molecule has 1 atom stereocenters. The van der Waals surface area contributed by atoms with Crippen molar-refractivity contribution >= 4 is 15.9 Å². The Morgan fingerprint density at radius 2 is 2.22 bits per heavy atom. The predicted octanol–water partition coefficient (Wildman–Crippen LogP) is 2.56. The Bertz CT molecular complexity index is 533. The summed E-state index contributed by atoms with van der Waals surface area (Å²) in [5, 5.41) is 3.23. The first-order chi connectivity index (χ1) is 8.76. The molecule has 2 aromatic heterocycles. The summed E-state index contributed by atoms with van der Waals surface area (Å²) in [5.41, 5.74) is 1.88. The average molecular weight is 308 g/mol. The molecule has 0 spiro atoms. The smallest absolute Gasteiger partial charge is 0.142 e. The maximum atomic E-state index is 5.35. The summed E-state index contributed by atoms with van der Waals surface area (Å²) in [5.74, 6) is 0.761. The minimum Gasteiger partial charge on any atom is -0.495 e. The number of nitrogens with zero attached hydrogens (tertiary/aromatic N) is 2. The van der Waals surface area contributed by atoms with Gasteiger partial charge >= 0.3 is 0 Å². The van der Waals surface area contributed by atoms with Gasteiger partial charge in [0.1, 0.15) is 11.4 Å². The Morgan fingerprint density at radius 1 is 1.39 bits per heavy atom. The second-order valence-electron chi connectivity index (χ2n) is 3.75. The maximum absolute atomic E-state index is 5.35. The van der Waals surface area contributed by atoms with E-state index >= 15 is 0 Å². The lowest BCUT2D eigenvalue weighted by atomic mass is 10.0. The van der Waals surface area contributed by atoms with Gasteiger partial charge in [0.2, 0.25) is 0 Å². The number of hydrogen-bond acceptors (Lipinski definition) is 4. The highest BCUT2D eigenvalue weighted by Gasteiger charge is 2.18. The van der Waals surface area contributed by atoms with E-state index in [9.17, 15) is 0 Å². The summed E-state index contributed by atoms with van der Waals surface area (Å²) in [7, 11) is 3.53. The van der Waals surface area contributed by atoms with Gasteiger partial charge in [0.05, 0.1) is 13.2 Å². The molecular formula is C13H14BrN3O. The average Bonchev–Trinajstić information content (AvgIpc) is 2.40. The molecule has 0 fully saturated rings. The van der Waals surface area contributed by atoms with Gasteiger partial charge in [-0.15, -0.1) is 0 Å². The number of pyridine rings is 2. The van der Waals surface area contributed by atoms with Crippen LogP contribution in [0.1, 0.15) is 17.3 Å². The van der Waals surface area contributed by atoms with Crippen molar-refractivity contribution in [1.29, 1.82) is 0 Å². The van der Waals surface area contributed by atoms with Gasteiger partial charge in [0.25, 0.3) is 0 Å². The molecule has 1 N–H and O–H groups in total. The maximum Gasteiger partial charge on any atom is 0.142 e. The molecule has 2 rings (SSSR count). The topological polar surface area (TPSA) is 47.0 Å². The first-order valence-corrected chi connectivity index (χ1v) is 6.32. The van der Waals surface area contributed by atoms with Gasteiger partial charge in [0, 0.05) is 23.1 Å². The first kappa shape index (κ1) is 13.0. The Balaban J connectivity index is 2.45. The van der Waals surface area contributed by atoms with Crippen LogP contribution in [0.25, 0.3) is 0 Å². The molecule has 0 bridgehead atoms. The van der Waals surface area contributed by atoms with Crippen molar-refractivity contribution in [3.05, 3.63) is 52.5 Å². The van der Waals surface area contributed by atoms with Crippen LogP contribution < -0.4 is 10.1 Å². The van der Waals surface area contributed by atoms with Crippen LogP contribution in [-0.4, -0.2) is 24.1 Å². The lowest BCUT2D eigenvalue weighted by Crippen LogP contribution is -2.19. The molecule has 0 saturated heterocycles. The molecule has 94 valence electrons. The number of aromatic nitrogens is 2. The van der Waals surface area contributed by atoms with Gasteiger partial charge in [-0.25, -0.2) is 0 Å². The zero-order chi connectivity index (χ0) is 13.0. The second-order valence-corrected chi connectivity index (χ2v) is 4.66. The Kier molecular flexibility index (Phi) is 4.28. The summed E-state index contributed by atoms with van der Waals surface area (Å²) in [6.07, 6.45) is 5.33. The van der Waals surface area contributed by atoms with E-state index < -0.39 is 0 Å². The van der Waals surface area contributed by atoms with Crippen LogP contribution in [0.3, 0.4) is 0 Å². The van der Waals surface area contributed by atoms with Gasteiger partial charge in [0.15, 0.2) is 0 Å². The molecule has 0 saturated carbocycles. The van der Waals surface area contributed by atoms with E-state index in [1.165, 1.54) is 0 Å². The van der Waals surface area contributed by atoms with Gasteiger partial charge < -0.3 is 10.1 Å². The van der Waals surface area contributed by atoms with E-state index in [0.29, 0.717) is 0 Å². The van der Waals surface area contributed by atoms with Crippen molar-refractivity contribution < 1.29 is 4.74 Å². The fourth-order valence-corrected chi connectivity index (χ4v) is 2.22. The molecule has 2 heterocycles. The summed E-state index contributed by atoms with van der Waals surface area (Å²) >= 11 is 3.43. The molecule has 18 heavy (non-hydrogen) atoms. The standard InChI is InChI=1S/C13H14BrN3O/c1-15-12(9-6-10(14)8-16-7-9)13-11(18-2)4-3-5-17-13/h3-8,12,15H,1-2H3. The molecule has 5 heteroatoms. The summed E-state index contributed by atoms with van der Waals surface area (Å²) in [4.78, 5) is 8.57. The lowest BCUT2D eigenvalue weighted by molar-refractivity contribution is 0.401. The fraction of sp³-hybridized carbons (Fsp3) is 0.231. The zero-order valence-electron chi connectivity index (χ0n) is 10.2. The number of halogens is 1. The molecule has 0 aliphatic carbocycles. The molecule has 4 nitrogen and oxygen atoms in total. The van der Waals surface area contributed by atoms with Crippen LogP contribution in [0.15, 0.2) is 41.3 Å². The van der Waals surface area contributed by atoms with Crippen LogP contribution in [0.5, 0.6) is 5.75 Å². The fourth-order valence-electron chi connectivity index (χ4n) is 1.84.